The molecule has 0 radical (unpaired) electrons. The Bertz CT molecular complexity index is 330. The van der Waals surface area contributed by atoms with Gasteiger partial charge in [-0.3, -0.25) is 0 Å². The van der Waals surface area contributed by atoms with Gasteiger partial charge in [0.25, 0.3) is 0 Å². The standard InChI is InChI=1S/C13H23NO2Si/c1-16-12(15)14-13(8-5-6-9-13)10-7-11-17(2,3)4/h5-6,8-10H2,1-4H3,(H,14,15). The van der Waals surface area contributed by atoms with Crippen LogP contribution in [-0.2, 0) is 4.74 Å². The predicted octanol–water partition coefficient (Wildman–Crippen LogP) is 2.93. The molecular weight excluding hydrogens is 230 g/mol. The highest BCUT2D eigenvalue weighted by atomic mass is 28.3. The Hall–Kier alpha value is -0.953. The van der Waals surface area contributed by atoms with Gasteiger partial charge in [-0.15, -0.1) is 11.5 Å². The summed E-state index contributed by atoms with van der Waals surface area (Å²) in [6, 6.07) is 0. The Labute approximate surface area is 105 Å². The van der Waals surface area contributed by atoms with E-state index in [1.807, 2.05) is 0 Å². The van der Waals surface area contributed by atoms with Gasteiger partial charge in [0.05, 0.1) is 12.6 Å². The molecule has 0 aromatic carbocycles. The smallest absolute Gasteiger partial charge is 0.407 e. The number of methoxy groups -OCH3 is 1. The van der Waals surface area contributed by atoms with Crippen molar-refractivity contribution < 1.29 is 9.53 Å². The van der Waals surface area contributed by atoms with E-state index in [1.54, 1.807) is 0 Å². The summed E-state index contributed by atoms with van der Waals surface area (Å²) >= 11 is 0. The molecule has 1 N–H and O–H groups in total. The van der Waals surface area contributed by atoms with Gasteiger partial charge in [-0.05, 0) is 12.8 Å². The van der Waals surface area contributed by atoms with E-state index in [-0.39, 0.29) is 11.6 Å². The Morgan fingerprint density at radius 2 is 1.94 bits per heavy atom. The molecule has 0 aliphatic heterocycles. The number of ether oxygens (including phenoxy) is 1. The third-order valence-electron chi connectivity index (χ3n) is 3.00. The van der Waals surface area contributed by atoms with Crippen molar-refractivity contribution in [2.75, 3.05) is 7.11 Å². The van der Waals surface area contributed by atoms with Crippen LogP contribution in [0.3, 0.4) is 0 Å². The van der Waals surface area contributed by atoms with Crippen LogP contribution in [0.5, 0.6) is 0 Å². The normalized spacial score (nSPS) is 18.1. The third-order valence-corrected chi connectivity index (χ3v) is 3.93. The van der Waals surface area contributed by atoms with Gasteiger partial charge in [0.1, 0.15) is 8.07 Å². The average Bonchev–Trinajstić information content (AvgIpc) is 2.64. The van der Waals surface area contributed by atoms with Crippen molar-refractivity contribution in [1.29, 1.82) is 0 Å². The second-order valence-electron chi connectivity index (χ2n) is 5.83. The maximum Gasteiger partial charge on any atom is 0.407 e. The first-order valence-electron chi connectivity index (χ1n) is 6.23. The molecule has 1 aliphatic rings. The summed E-state index contributed by atoms with van der Waals surface area (Å²) in [5.41, 5.74) is 3.22. The second kappa shape index (κ2) is 5.59. The maximum atomic E-state index is 11.4. The lowest BCUT2D eigenvalue weighted by Gasteiger charge is -2.27. The maximum absolute atomic E-state index is 11.4. The van der Waals surface area contributed by atoms with Crippen LogP contribution in [0.1, 0.15) is 32.1 Å². The molecular formula is C13H23NO2Si. The fraction of sp³-hybridized carbons (Fsp3) is 0.769. The minimum atomic E-state index is -1.32. The Balaban J connectivity index is 2.65. The van der Waals surface area contributed by atoms with Crippen molar-refractivity contribution in [1.82, 2.24) is 5.32 Å². The number of rotatable bonds is 2. The van der Waals surface area contributed by atoms with Gasteiger partial charge in [-0.1, -0.05) is 32.5 Å². The van der Waals surface area contributed by atoms with Crippen LogP contribution in [0.4, 0.5) is 4.79 Å². The van der Waals surface area contributed by atoms with Crippen LogP contribution >= 0.6 is 0 Å². The molecule has 0 aromatic heterocycles. The fourth-order valence-electron chi connectivity index (χ4n) is 2.14. The van der Waals surface area contributed by atoms with Crippen molar-refractivity contribution >= 4 is 14.2 Å². The molecule has 3 nitrogen and oxygen atoms in total. The molecule has 1 fully saturated rings. The number of carbonyl (C=O) groups excluding carboxylic acids is 1. The van der Waals surface area contributed by atoms with Crippen molar-refractivity contribution in [3.8, 4) is 11.5 Å². The van der Waals surface area contributed by atoms with Gasteiger partial charge in [-0.2, -0.15) is 0 Å². The SMILES string of the molecule is COC(=O)NC1(CC#C[Si](C)(C)C)CCCC1. The number of hydrogen-bond acceptors (Lipinski definition) is 2. The first-order valence-corrected chi connectivity index (χ1v) is 9.73. The van der Waals surface area contributed by atoms with E-state index < -0.39 is 8.07 Å². The highest BCUT2D eigenvalue weighted by Crippen LogP contribution is 2.32. The lowest BCUT2D eigenvalue weighted by Crippen LogP contribution is -2.46. The number of nitrogens with one attached hydrogen (secondary N) is 1. The van der Waals surface area contributed by atoms with Gasteiger partial charge >= 0.3 is 6.09 Å². The molecule has 0 heterocycles. The molecule has 17 heavy (non-hydrogen) atoms. The highest BCUT2D eigenvalue weighted by Gasteiger charge is 2.34. The molecule has 1 aliphatic carbocycles. The lowest BCUT2D eigenvalue weighted by molar-refractivity contribution is 0.156. The number of amides is 1. The highest BCUT2D eigenvalue weighted by molar-refractivity contribution is 6.83. The molecule has 1 rings (SSSR count). The van der Waals surface area contributed by atoms with Crippen LogP contribution in [0.15, 0.2) is 0 Å². The quantitative estimate of drug-likeness (QED) is 0.607. The van der Waals surface area contributed by atoms with E-state index in [9.17, 15) is 4.79 Å². The summed E-state index contributed by atoms with van der Waals surface area (Å²) in [6.45, 7) is 6.69. The van der Waals surface area contributed by atoms with Gasteiger partial charge < -0.3 is 10.1 Å². The molecule has 0 saturated heterocycles. The molecule has 0 unspecified atom stereocenters. The molecule has 0 atom stereocenters. The number of hydrogen-bond donors (Lipinski definition) is 1. The second-order valence-corrected chi connectivity index (χ2v) is 10.6. The topological polar surface area (TPSA) is 38.3 Å². The van der Waals surface area contributed by atoms with E-state index in [4.69, 9.17) is 4.74 Å². The summed E-state index contributed by atoms with van der Waals surface area (Å²) in [4.78, 5) is 11.4. The van der Waals surface area contributed by atoms with E-state index in [1.165, 1.54) is 20.0 Å². The van der Waals surface area contributed by atoms with Crippen molar-refractivity contribution in [2.24, 2.45) is 0 Å². The van der Waals surface area contributed by atoms with E-state index in [2.05, 4.69) is 36.4 Å². The summed E-state index contributed by atoms with van der Waals surface area (Å²) in [5, 5.41) is 2.98. The van der Waals surface area contributed by atoms with E-state index >= 15 is 0 Å². The minimum absolute atomic E-state index is 0.139. The van der Waals surface area contributed by atoms with Crippen molar-refractivity contribution in [3.63, 3.8) is 0 Å². The summed E-state index contributed by atoms with van der Waals surface area (Å²) < 4.78 is 4.69. The van der Waals surface area contributed by atoms with Crippen LogP contribution in [0, 0.1) is 11.5 Å². The molecule has 0 bridgehead atoms. The number of alkyl carbamates (subject to hydrolysis) is 1. The average molecular weight is 253 g/mol. The zero-order valence-corrected chi connectivity index (χ0v) is 12.4. The van der Waals surface area contributed by atoms with Gasteiger partial charge in [0.2, 0.25) is 0 Å². The molecule has 4 heteroatoms. The molecule has 0 aromatic rings. The van der Waals surface area contributed by atoms with Crippen LogP contribution in [0.25, 0.3) is 0 Å². The number of carbonyl (C=O) groups is 1. The summed E-state index contributed by atoms with van der Waals surface area (Å²) in [7, 11) is 0.0931. The summed E-state index contributed by atoms with van der Waals surface area (Å²) in [5.74, 6) is 3.28. The Morgan fingerprint density at radius 1 is 1.35 bits per heavy atom. The molecule has 96 valence electrons. The third kappa shape index (κ3) is 4.82. The first-order chi connectivity index (χ1) is 7.87. The van der Waals surface area contributed by atoms with Gasteiger partial charge in [0, 0.05) is 6.42 Å². The van der Waals surface area contributed by atoms with Crippen molar-refractivity contribution in [3.05, 3.63) is 0 Å². The molecule has 0 spiro atoms. The van der Waals surface area contributed by atoms with Gasteiger partial charge in [-0.25, -0.2) is 4.79 Å². The Morgan fingerprint density at radius 3 is 2.41 bits per heavy atom. The van der Waals surface area contributed by atoms with Crippen LogP contribution < -0.4 is 5.32 Å². The zero-order chi connectivity index (χ0) is 12.9. The fourth-order valence-corrected chi connectivity index (χ4v) is 2.76. The lowest BCUT2D eigenvalue weighted by atomic mass is 9.94. The minimum Gasteiger partial charge on any atom is -0.453 e. The molecule has 1 amide bonds. The van der Waals surface area contributed by atoms with Gasteiger partial charge in [0.15, 0.2) is 0 Å². The molecule has 1 saturated carbocycles. The monoisotopic (exact) mass is 253 g/mol. The largest absolute Gasteiger partial charge is 0.453 e. The Kier molecular flexibility index (Phi) is 4.64. The van der Waals surface area contributed by atoms with Crippen LogP contribution in [0.2, 0.25) is 19.6 Å². The van der Waals surface area contributed by atoms with E-state index in [0.29, 0.717) is 0 Å². The summed E-state index contributed by atoms with van der Waals surface area (Å²) in [6.07, 6.45) is 4.79. The van der Waals surface area contributed by atoms with Crippen molar-refractivity contribution in [2.45, 2.75) is 57.3 Å². The van der Waals surface area contributed by atoms with Crippen LogP contribution in [-0.4, -0.2) is 26.8 Å². The van der Waals surface area contributed by atoms with E-state index in [0.717, 1.165) is 19.3 Å². The zero-order valence-electron chi connectivity index (χ0n) is 11.4. The first kappa shape index (κ1) is 14.1. The predicted molar refractivity (Wildman–Crippen MR) is 72.5 cm³/mol.